The van der Waals surface area contributed by atoms with Gasteiger partial charge in [0, 0.05) is 37.9 Å². The normalized spacial score (nSPS) is 20.2. The Labute approximate surface area is 248 Å². The number of carbonyl (C=O) groups excluding carboxylic acids is 3. The number of nitrogens with one attached hydrogen (secondary N) is 2. The summed E-state index contributed by atoms with van der Waals surface area (Å²) in [5.41, 5.74) is 0.766. The van der Waals surface area contributed by atoms with Crippen molar-refractivity contribution in [2.24, 2.45) is 17.3 Å². The number of ether oxygens (including phenoxy) is 1. The largest absolute Gasteiger partial charge is 0.382 e. The van der Waals surface area contributed by atoms with E-state index in [1.165, 1.54) is 6.07 Å². The molecule has 0 unspecified atom stereocenters. The highest BCUT2D eigenvalue weighted by Gasteiger charge is 2.39. The summed E-state index contributed by atoms with van der Waals surface area (Å²) in [6, 6.07) is 4.60. The number of halogens is 1. The van der Waals surface area contributed by atoms with E-state index >= 15 is 0 Å². The minimum atomic E-state index is -0.745. The number of carbonyl (C=O) groups is 3. The van der Waals surface area contributed by atoms with E-state index in [-0.39, 0.29) is 30.2 Å². The summed E-state index contributed by atoms with van der Waals surface area (Å²) >= 11 is 0. The SMILES string of the molecule is CC(C)(C)[C@H](NC(=O)[C@H](CC1CCCC1)CN(O)C=O)C(=O)N1CCC(Nc2ccc(N3CCOCC3)c(F)c2)CC1. The van der Waals surface area contributed by atoms with Crippen molar-refractivity contribution in [3.63, 3.8) is 0 Å². The zero-order chi connectivity index (χ0) is 30.3. The first-order valence-electron chi connectivity index (χ1n) is 15.4. The van der Waals surface area contributed by atoms with Crippen LogP contribution in [0.5, 0.6) is 0 Å². The molecule has 234 valence electrons. The topological polar surface area (TPSA) is 114 Å². The fourth-order valence-corrected chi connectivity index (χ4v) is 6.41. The number of hydrogen-bond acceptors (Lipinski definition) is 7. The van der Waals surface area contributed by atoms with Crippen LogP contribution in [0.2, 0.25) is 0 Å². The Morgan fingerprint density at radius 1 is 1.12 bits per heavy atom. The fourth-order valence-electron chi connectivity index (χ4n) is 6.41. The minimum absolute atomic E-state index is 0.0953. The number of anilines is 2. The summed E-state index contributed by atoms with van der Waals surface area (Å²) in [5.74, 6) is -0.922. The van der Waals surface area contributed by atoms with Crippen LogP contribution in [0.4, 0.5) is 15.8 Å². The van der Waals surface area contributed by atoms with E-state index in [9.17, 15) is 24.0 Å². The van der Waals surface area contributed by atoms with Gasteiger partial charge in [-0.15, -0.1) is 0 Å². The second-order valence-corrected chi connectivity index (χ2v) is 13.1. The molecule has 1 saturated carbocycles. The van der Waals surface area contributed by atoms with Crippen LogP contribution in [0, 0.1) is 23.1 Å². The summed E-state index contributed by atoms with van der Waals surface area (Å²) in [7, 11) is 0. The maximum absolute atomic E-state index is 14.9. The van der Waals surface area contributed by atoms with Crippen molar-refractivity contribution in [2.75, 3.05) is 56.2 Å². The molecule has 0 bridgehead atoms. The van der Waals surface area contributed by atoms with Crippen LogP contribution in [0.15, 0.2) is 18.2 Å². The third-order valence-corrected chi connectivity index (χ3v) is 8.87. The first-order chi connectivity index (χ1) is 20.0. The fraction of sp³-hybridized carbons (Fsp3) is 0.710. The second kappa shape index (κ2) is 14.5. The lowest BCUT2D eigenvalue weighted by Gasteiger charge is -2.39. The van der Waals surface area contributed by atoms with E-state index in [1.807, 2.05) is 37.8 Å². The van der Waals surface area contributed by atoms with Crippen molar-refractivity contribution in [3.05, 3.63) is 24.0 Å². The Hall–Kier alpha value is -2.92. The first kappa shape index (κ1) is 32.0. The Kier molecular flexibility index (Phi) is 11.1. The molecule has 4 rings (SSSR count). The first-order valence-corrected chi connectivity index (χ1v) is 15.4. The van der Waals surface area contributed by atoms with Gasteiger partial charge in [0.25, 0.3) is 0 Å². The maximum Gasteiger partial charge on any atom is 0.245 e. The zero-order valence-corrected chi connectivity index (χ0v) is 25.3. The number of morpholine rings is 1. The highest BCUT2D eigenvalue weighted by molar-refractivity contribution is 5.89. The Balaban J connectivity index is 1.33. The standard InChI is InChI=1S/C31H48FN5O5/c1-31(2,3)28(34-29(39)23(20-37(41)21-38)18-22-6-4-5-7-22)30(40)36-12-10-24(11-13-36)33-25-8-9-27(26(32)19-25)35-14-16-42-17-15-35/h8-9,19,21-24,28,33,41H,4-7,10-18,20H2,1-3H3,(H,34,39)/t23-,28-/m1/s1. The van der Waals surface area contributed by atoms with Crippen molar-refractivity contribution in [2.45, 2.75) is 77.8 Å². The Morgan fingerprint density at radius 2 is 1.79 bits per heavy atom. The van der Waals surface area contributed by atoms with Crippen molar-refractivity contribution in [1.29, 1.82) is 0 Å². The van der Waals surface area contributed by atoms with E-state index < -0.39 is 17.4 Å². The molecule has 1 aromatic rings. The molecule has 1 aromatic carbocycles. The van der Waals surface area contributed by atoms with Crippen LogP contribution >= 0.6 is 0 Å². The third kappa shape index (κ3) is 8.56. The van der Waals surface area contributed by atoms with Crippen molar-refractivity contribution >= 4 is 29.6 Å². The quantitative estimate of drug-likeness (QED) is 0.205. The minimum Gasteiger partial charge on any atom is -0.382 e. The summed E-state index contributed by atoms with van der Waals surface area (Å²) in [6.07, 6.45) is 6.60. The lowest BCUT2D eigenvalue weighted by molar-refractivity contribution is -0.156. The maximum atomic E-state index is 14.9. The zero-order valence-electron chi connectivity index (χ0n) is 25.3. The van der Waals surface area contributed by atoms with E-state index in [4.69, 9.17) is 4.74 Å². The molecule has 2 saturated heterocycles. The van der Waals surface area contributed by atoms with Gasteiger partial charge in [0.15, 0.2) is 0 Å². The van der Waals surface area contributed by atoms with Gasteiger partial charge in [-0.05, 0) is 48.8 Å². The van der Waals surface area contributed by atoms with Gasteiger partial charge in [0.2, 0.25) is 18.2 Å². The van der Waals surface area contributed by atoms with Gasteiger partial charge < -0.3 is 25.2 Å². The average Bonchev–Trinajstić information content (AvgIpc) is 3.48. The molecule has 0 aromatic heterocycles. The highest BCUT2D eigenvalue weighted by atomic mass is 19.1. The predicted molar refractivity (Wildman–Crippen MR) is 159 cm³/mol. The van der Waals surface area contributed by atoms with Gasteiger partial charge in [0.1, 0.15) is 11.9 Å². The van der Waals surface area contributed by atoms with Gasteiger partial charge in [-0.3, -0.25) is 19.6 Å². The number of piperidine rings is 1. The van der Waals surface area contributed by atoms with E-state index in [2.05, 4.69) is 10.6 Å². The molecule has 3 aliphatic rings. The number of hydrogen-bond donors (Lipinski definition) is 3. The number of nitrogens with zero attached hydrogens (tertiary/aromatic N) is 3. The Morgan fingerprint density at radius 3 is 2.38 bits per heavy atom. The summed E-state index contributed by atoms with van der Waals surface area (Å²) in [4.78, 5) is 42.1. The van der Waals surface area contributed by atoms with Crippen molar-refractivity contribution < 1.29 is 28.7 Å². The van der Waals surface area contributed by atoms with Crippen LogP contribution in [0.25, 0.3) is 0 Å². The number of benzene rings is 1. The second-order valence-electron chi connectivity index (χ2n) is 13.1. The van der Waals surface area contributed by atoms with Gasteiger partial charge in [-0.2, -0.15) is 0 Å². The van der Waals surface area contributed by atoms with Crippen LogP contribution in [0.1, 0.15) is 65.7 Å². The summed E-state index contributed by atoms with van der Waals surface area (Å²) in [5, 5.41) is 16.8. The number of likely N-dealkylation sites (tertiary alicyclic amines) is 1. The average molecular weight is 590 g/mol. The molecule has 0 spiro atoms. The molecular formula is C31H48FN5O5. The molecule has 1 aliphatic carbocycles. The summed E-state index contributed by atoms with van der Waals surface area (Å²) < 4.78 is 20.2. The molecule has 3 N–H and O–H groups in total. The molecule has 2 heterocycles. The van der Waals surface area contributed by atoms with E-state index in [1.54, 1.807) is 4.90 Å². The Bertz CT molecular complexity index is 1060. The van der Waals surface area contributed by atoms with Crippen molar-refractivity contribution in [3.8, 4) is 0 Å². The number of amides is 3. The molecule has 11 heteroatoms. The molecule has 42 heavy (non-hydrogen) atoms. The summed E-state index contributed by atoms with van der Waals surface area (Å²) in [6.45, 7) is 9.26. The highest BCUT2D eigenvalue weighted by Crippen LogP contribution is 2.32. The van der Waals surface area contributed by atoms with E-state index in [0.29, 0.717) is 81.7 Å². The molecule has 2 aliphatic heterocycles. The molecule has 3 amide bonds. The number of hydroxylamine groups is 2. The van der Waals surface area contributed by atoms with E-state index in [0.717, 1.165) is 31.4 Å². The van der Waals surface area contributed by atoms with Crippen molar-refractivity contribution in [1.82, 2.24) is 15.3 Å². The molecule has 2 atom stereocenters. The van der Waals surface area contributed by atoms with Crippen LogP contribution in [-0.4, -0.2) is 91.4 Å². The number of rotatable bonds is 11. The van der Waals surface area contributed by atoms with Gasteiger partial charge in [-0.25, -0.2) is 9.45 Å². The lowest BCUT2D eigenvalue weighted by Crippen LogP contribution is -2.58. The van der Waals surface area contributed by atoms with Crippen LogP contribution in [-0.2, 0) is 19.1 Å². The molecule has 0 radical (unpaired) electrons. The predicted octanol–water partition coefficient (Wildman–Crippen LogP) is 3.64. The van der Waals surface area contributed by atoms with Crippen LogP contribution < -0.4 is 15.5 Å². The smallest absolute Gasteiger partial charge is 0.245 e. The lowest BCUT2D eigenvalue weighted by atomic mass is 9.84. The molecule has 3 fully saturated rings. The molecular weight excluding hydrogens is 541 g/mol. The third-order valence-electron chi connectivity index (χ3n) is 8.87. The van der Waals surface area contributed by atoms with Gasteiger partial charge >= 0.3 is 0 Å². The molecule has 10 nitrogen and oxygen atoms in total. The van der Waals surface area contributed by atoms with Gasteiger partial charge in [0.05, 0.1) is 31.4 Å². The van der Waals surface area contributed by atoms with Gasteiger partial charge in [-0.1, -0.05) is 46.5 Å². The van der Waals surface area contributed by atoms with Crippen LogP contribution in [0.3, 0.4) is 0 Å². The monoisotopic (exact) mass is 589 g/mol.